The fourth-order valence-electron chi connectivity index (χ4n) is 4.53. The van der Waals surface area contributed by atoms with E-state index in [1.165, 1.54) is 12.3 Å². The summed E-state index contributed by atoms with van der Waals surface area (Å²) in [6, 6.07) is 1.33. The van der Waals surface area contributed by atoms with Crippen LogP contribution < -0.4 is 10.6 Å². The Morgan fingerprint density at radius 1 is 1.10 bits per heavy atom. The first kappa shape index (κ1) is 22.6. The number of amides is 1. The summed E-state index contributed by atoms with van der Waals surface area (Å²) in [5.74, 6) is 0.513. The Labute approximate surface area is 179 Å². The van der Waals surface area contributed by atoms with Crippen LogP contribution in [-0.4, -0.2) is 71.3 Å². The second kappa shape index (κ2) is 8.57. The summed E-state index contributed by atoms with van der Waals surface area (Å²) in [5.41, 5.74) is 5.50. The number of aromatic nitrogens is 1. The van der Waals surface area contributed by atoms with Crippen LogP contribution in [0.3, 0.4) is 0 Å². The van der Waals surface area contributed by atoms with E-state index in [2.05, 4.69) is 23.7 Å². The number of rotatable bonds is 3. The van der Waals surface area contributed by atoms with Crippen molar-refractivity contribution < 1.29 is 13.9 Å². The molecule has 0 unspecified atom stereocenters. The maximum atomic E-state index is 14.2. The van der Waals surface area contributed by atoms with E-state index >= 15 is 0 Å². The van der Waals surface area contributed by atoms with Gasteiger partial charge in [-0.2, -0.15) is 0 Å². The van der Waals surface area contributed by atoms with Crippen molar-refractivity contribution in [1.82, 2.24) is 14.8 Å². The quantitative estimate of drug-likeness (QED) is 0.807. The van der Waals surface area contributed by atoms with Crippen LogP contribution in [0.25, 0.3) is 0 Å². The Morgan fingerprint density at radius 3 is 2.23 bits per heavy atom. The minimum atomic E-state index is -0.467. The third kappa shape index (κ3) is 5.14. The zero-order valence-electron chi connectivity index (χ0n) is 18.9. The molecule has 7 nitrogen and oxygen atoms in total. The Morgan fingerprint density at radius 2 is 1.70 bits per heavy atom. The van der Waals surface area contributed by atoms with Gasteiger partial charge in [-0.3, -0.25) is 4.90 Å². The predicted octanol–water partition coefficient (Wildman–Crippen LogP) is 3.35. The number of hydrogen-bond donors (Lipinski definition) is 1. The van der Waals surface area contributed by atoms with E-state index in [1.807, 2.05) is 30.6 Å². The summed E-state index contributed by atoms with van der Waals surface area (Å²) in [7, 11) is 0. The van der Waals surface area contributed by atoms with Crippen molar-refractivity contribution in [2.24, 2.45) is 5.92 Å². The van der Waals surface area contributed by atoms with E-state index < -0.39 is 5.60 Å². The first-order valence-corrected chi connectivity index (χ1v) is 10.9. The summed E-state index contributed by atoms with van der Waals surface area (Å²) in [6.07, 6.45) is 3.21. The number of nitrogen functional groups attached to an aromatic ring is 1. The van der Waals surface area contributed by atoms with Crippen molar-refractivity contribution in [3.05, 3.63) is 18.1 Å². The molecule has 2 aliphatic heterocycles. The lowest BCUT2D eigenvalue weighted by Gasteiger charge is -2.50. The molecular weight excluding hydrogens is 385 g/mol. The molecule has 0 aromatic carbocycles. The highest BCUT2D eigenvalue weighted by atomic mass is 19.1. The van der Waals surface area contributed by atoms with Crippen molar-refractivity contribution in [1.29, 1.82) is 0 Å². The lowest BCUT2D eigenvalue weighted by Crippen LogP contribution is -2.59. The molecular formula is C22H36FN5O2. The van der Waals surface area contributed by atoms with Crippen molar-refractivity contribution in [2.45, 2.75) is 58.6 Å². The highest BCUT2D eigenvalue weighted by molar-refractivity contribution is 5.68. The number of anilines is 2. The second-order valence-electron chi connectivity index (χ2n) is 9.94. The van der Waals surface area contributed by atoms with Gasteiger partial charge in [0.25, 0.3) is 0 Å². The van der Waals surface area contributed by atoms with Gasteiger partial charge in [0.05, 0.1) is 11.9 Å². The predicted molar refractivity (Wildman–Crippen MR) is 117 cm³/mol. The number of ether oxygens (including phenoxy) is 1. The lowest BCUT2D eigenvalue weighted by molar-refractivity contribution is -0.00191. The third-order valence-electron chi connectivity index (χ3n) is 6.38. The third-order valence-corrected chi connectivity index (χ3v) is 6.38. The van der Waals surface area contributed by atoms with Gasteiger partial charge in [0.1, 0.15) is 5.60 Å². The zero-order valence-corrected chi connectivity index (χ0v) is 18.9. The molecule has 2 saturated heterocycles. The number of hydrogen-bond acceptors (Lipinski definition) is 6. The largest absolute Gasteiger partial charge is 0.444 e. The number of piperazine rings is 1. The molecule has 30 heavy (non-hydrogen) atoms. The molecule has 1 aromatic heterocycles. The molecule has 2 fully saturated rings. The van der Waals surface area contributed by atoms with Gasteiger partial charge in [0.2, 0.25) is 0 Å². The topological polar surface area (TPSA) is 74.9 Å². The lowest BCUT2D eigenvalue weighted by atomic mass is 9.78. The molecule has 0 saturated carbocycles. The first-order valence-electron chi connectivity index (χ1n) is 10.9. The molecule has 8 heteroatoms. The fraction of sp³-hybridized carbons (Fsp3) is 0.727. The molecule has 0 spiro atoms. The van der Waals surface area contributed by atoms with Crippen molar-refractivity contribution in [3.8, 4) is 0 Å². The Bertz CT molecular complexity index is 748. The van der Waals surface area contributed by atoms with Crippen LogP contribution in [0.2, 0.25) is 0 Å². The number of piperidine rings is 1. The van der Waals surface area contributed by atoms with Crippen molar-refractivity contribution >= 4 is 17.6 Å². The smallest absolute Gasteiger partial charge is 0.410 e. The van der Waals surface area contributed by atoms with Gasteiger partial charge in [0.15, 0.2) is 11.6 Å². The van der Waals surface area contributed by atoms with E-state index in [4.69, 9.17) is 10.5 Å². The Hall–Kier alpha value is -2.09. The maximum absolute atomic E-state index is 14.2. The molecule has 1 amide bonds. The van der Waals surface area contributed by atoms with E-state index in [-0.39, 0.29) is 17.4 Å². The summed E-state index contributed by atoms with van der Waals surface area (Å²) < 4.78 is 19.7. The Balaban J connectivity index is 1.54. The number of carbonyl (C=O) groups excluding carboxylic acids is 1. The molecule has 0 bridgehead atoms. The second-order valence-corrected chi connectivity index (χ2v) is 9.94. The fourth-order valence-corrected chi connectivity index (χ4v) is 4.53. The molecule has 0 atom stereocenters. The summed E-state index contributed by atoms with van der Waals surface area (Å²) in [5, 5.41) is 0. The van der Waals surface area contributed by atoms with Crippen LogP contribution in [0.4, 0.5) is 20.7 Å². The standard InChI is InChI=1S/C22H36FN5O2/c1-21(2,3)30-20(29)27-8-6-16(7-9-27)22(4,5)28-12-10-26(11-13-28)19-18(23)14-17(24)15-25-19/h14-16H,6-13,24H2,1-5H3. The van der Waals surface area contributed by atoms with Crippen LogP contribution in [0.1, 0.15) is 47.5 Å². The molecule has 0 aliphatic carbocycles. The van der Waals surface area contributed by atoms with Gasteiger partial charge >= 0.3 is 6.09 Å². The van der Waals surface area contributed by atoms with Gasteiger partial charge in [-0.05, 0) is 53.4 Å². The summed E-state index contributed by atoms with van der Waals surface area (Å²) in [4.78, 5) is 22.8. The van der Waals surface area contributed by atoms with Crippen LogP contribution in [0, 0.1) is 11.7 Å². The molecule has 3 heterocycles. The molecule has 2 aliphatic rings. The number of halogens is 1. The van der Waals surface area contributed by atoms with Crippen LogP contribution in [0.5, 0.6) is 0 Å². The van der Waals surface area contributed by atoms with Crippen LogP contribution in [0.15, 0.2) is 12.3 Å². The SMILES string of the molecule is CC(C)(C)OC(=O)N1CCC(C(C)(C)N2CCN(c3ncc(N)cc3F)CC2)CC1. The van der Waals surface area contributed by atoms with E-state index in [1.54, 1.807) is 0 Å². The summed E-state index contributed by atoms with van der Waals surface area (Å²) in [6.45, 7) is 14.9. The number of nitrogens with two attached hydrogens (primary N) is 1. The van der Waals surface area contributed by atoms with Gasteiger partial charge in [-0.15, -0.1) is 0 Å². The van der Waals surface area contributed by atoms with Gasteiger partial charge in [-0.1, -0.05) is 0 Å². The molecule has 2 N–H and O–H groups in total. The molecule has 0 radical (unpaired) electrons. The average Bonchev–Trinajstić information content (AvgIpc) is 2.67. The monoisotopic (exact) mass is 421 g/mol. The van der Waals surface area contributed by atoms with Crippen molar-refractivity contribution in [2.75, 3.05) is 49.9 Å². The zero-order chi connectivity index (χ0) is 22.1. The highest BCUT2D eigenvalue weighted by Gasteiger charge is 2.40. The number of likely N-dealkylation sites (tertiary alicyclic amines) is 1. The van der Waals surface area contributed by atoms with Crippen LogP contribution in [-0.2, 0) is 4.74 Å². The normalized spacial score (nSPS) is 19.8. The number of pyridine rings is 1. The molecule has 3 rings (SSSR count). The number of nitrogens with zero attached hydrogens (tertiary/aromatic N) is 4. The summed E-state index contributed by atoms with van der Waals surface area (Å²) >= 11 is 0. The van der Waals surface area contributed by atoms with E-state index in [0.717, 1.165) is 52.1 Å². The van der Waals surface area contributed by atoms with Gasteiger partial charge in [-0.25, -0.2) is 14.2 Å². The maximum Gasteiger partial charge on any atom is 0.410 e. The molecule has 168 valence electrons. The van der Waals surface area contributed by atoms with Gasteiger partial charge < -0.3 is 20.3 Å². The minimum Gasteiger partial charge on any atom is -0.444 e. The number of carbonyl (C=O) groups is 1. The molecule has 1 aromatic rings. The first-order chi connectivity index (χ1) is 14.0. The van der Waals surface area contributed by atoms with Crippen LogP contribution >= 0.6 is 0 Å². The van der Waals surface area contributed by atoms with Crippen molar-refractivity contribution in [3.63, 3.8) is 0 Å². The average molecular weight is 422 g/mol. The minimum absolute atomic E-state index is 0.0131. The Kier molecular flexibility index (Phi) is 6.45. The van der Waals surface area contributed by atoms with Gasteiger partial charge in [0, 0.05) is 50.9 Å². The highest BCUT2D eigenvalue weighted by Crippen LogP contribution is 2.34. The van der Waals surface area contributed by atoms with E-state index in [9.17, 15) is 9.18 Å². The van der Waals surface area contributed by atoms with E-state index in [0.29, 0.717) is 17.4 Å².